The zero-order chi connectivity index (χ0) is 25.2. The van der Waals surface area contributed by atoms with E-state index in [9.17, 15) is 18.0 Å². The van der Waals surface area contributed by atoms with E-state index in [-0.39, 0.29) is 24.3 Å². The van der Waals surface area contributed by atoms with Crippen LogP contribution in [0.25, 0.3) is 0 Å². The summed E-state index contributed by atoms with van der Waals surface area (Å²) in [5, 5.41) is 5.61. The van der Waals surface area contributed by atoms with Gasteiger partial charge in [-0.2, -0.15) is 4.31 Å². The fraction of sp³-hybridized carbons (Fsp3) is 0.481. The third-order valence-electron chi connectivity index (χ3n) is 7.15. The van der Waals surface area contributed by atoms with Crippen LogP contribution in [0.1, 0.15) is 53.5 Å². The van der Waals surface area contributed by atoms with Gasteiger partial charge < -0.3 is 10.6 Å². The fourth-order valence-corrected chi connectivity index (χ4v) is 6.77. The Labute approximate surface area is 208 Å². The maximum absolute atomic E-state index is 13.2. The van der Waals surface area contributed by atoms with Crippen molar-refractivity contribution in [1.82, 2.24) is 9.62 Å². The van der Waals surface area contributed by atoms with Crippen LogP contribution in [0.2, 0.25) is 0 Å². The lowest BCUT2D eigenvalue weighted by atomic mass is 9.92. The van der Waals surface area contributed by atoms with Gasteiger partial charge in [0.2, 0.25) is 21.8 Å². The largest absolute Gasteiger partial charge is 0.347 e. The summed E-state index contributed by atoms with van der Waals surface area (Å²) in [4.78, 5) is 25.4. The molecule has 7 nitrogen and oxygen atoms in total. The van der Waals surface area contributed by atoms with Crippen molar-refractivity contribution in [2.75, 3.05) is 25.0 Å². The molecular formula is C27H35N3O4S. The number of fused-ring (bicyclic) bond motifs is 1. The van der Waals surface area contributed by atoms with E-state index in [1.54, 1.807) is 6.07 Å². The lowest BCUT2D eigenvalue weighted by Gasteiger charge is -2.31. The second-order valence-electron chi connectivity index (χ2n) is 9.86. The number of carbonyl (C=O) groups excluding carboxylic acids is 2. The van der Waals surface area contributed by atoms with Gasteiger partial charge in [0.05, 0.1) is 11.4 Å². The Morgan fingerprint density at radius 2 is 1.57 bits per heavy atom. The highest BCUT2D eigenvalue weighted by molar-refractivity contribution is 7.89. The first-order valence-electron chi connectivity index (χ1n) is 12.4. The first-order chi connectivity index (χ1) is 16.6. The number of nitrogens with one attached hydrogen (secondary N) is 2. The monoisotopic (exact) mass is 497 g/mol. The number of amides is 2. The van der Waals surface area contributed by atoms with Gasteiger partial charge in [-0.1, -0.05) is 23.8 Å². The number of carbonyl (C=O) groups is 2. The van der Waals surface area contributed by atoms with Crippen LogP contribution in [0.4, 0.5) is 5.69 Å². The number of anilines is 1. The highest BCUT2D eigenvalue weighted by Crippen LogP contribution is 2.28. The van der Waals surface area contributed by atoms with Crippen LogP contribution in [0.15, 0.2) is 35.2 Å². The smallest absolute Gasteiger partial charge is 0.243 e. The number of piperidine rings is 1. The van der Waals surface area contributed by atoms with Gasteiger partial charge in [-0.15, -0.1) is 0 Å². The maximum Gasteiger partial charge on any atom is 0.243 e. The van der Waals surface area contributed by atoms with E-state index in [4.69, 9.17) is 0 Å². The van der Waals surface area contributed by atoms with Crippen LogP contribution in [0.3, 0.4) is 0 Å². The highest BCUT2D eigenvalue weighted by atomic mass is 32.2. The van der Waals surface area contributed by atoms with Gasteiger partial charge in [0, 0.05) is 24.7 Å². The molecule has 0 atom stereocenters. The van der Waals surface area contributed by atoms with Crippen molar-refractivity contribution in [2.24, 2.45) is 5.92 Å². The maximum atomic E-state index is 13.2. The third kappa shape index (κ3) is 5.76. The average Bonchev–Trinajstić information content (AvgIpc) is 2.84. The second kappa shape index (κ2) is 10.5. The summed E-state index contributed by atoms with van der Waals surface area (Å²) in [5.74, 6) is -0.787. The van der Waals surface area contributed by atoms with E-state index in [0.29, 0.717) is 30.8 Å². The van der Waals surface area contributed by atoms with E-state index in [2.05, 4.69) is 10.6 Å². The van der Waals surface area contributed by atoms with Crippen LogP contribution in [-0.2, 0) is 32.5 Å². The molecule has 1 aliphatic heterocycles. The Hall–Kier alpha value is -2.71. The molecular weight excluding hydrogens is 462 g/mol. The summed E-state index contributed by atoms with van der Waals surface area (Å²) in [7, 11) is -3.58. The number of aryl methyl sites for hydroxylation is 5. The van der Waals surface area contributed by atoms with Crippen LogP contribution in [-0.4, -0.2) is 44.2 Å². The van der Waals surface area contributed by atoms with Crippen molar-refractivity contribution >= 4 is 27.5 Å². The third-order valence-corrected chi connectivity index (χ3v) is 9.04. The normalized spacial score (nSPS) is 17.0. The zero-order valence-electron chi connectivity index (χ0n) is 20.8. The van der Waals surface area contributed by atoms with Crippen molar-refractivity contribution in [3.63, 3.8) is 0 Å². The van der Waals surface area contributed by atoms with Crippen LogP contribution in [0, 0.1) is 26.7 Å². The average molecular weight is 498 g/mol. The summed E-state index contributed by atoms with van der Waals surface area (Å²) in [6.07, 6.45) is 5.07. The molecule has 0 saturated carbocycles. The number of rotatable bonds is 6. The van der Waals surface area contributed by atoms with E-state index in [1.165, 1.54) is 9.87 Å². The molecule has 2 N–H and O–H groups in total. The first-order valence-corrected chi connectivity index (χ1v) is 13.9. The predicted molar refractivity (Wildman–Crippen MR) is 137 cm³/mol. The molecule has 4 rings (SSSR count). The van der Waals surface area contributed by atoms with Crippen molar-refractivity contribution in [2.45, 2.75) is 64.2 Å². The summed E-state index contributed by atoms with van der Waals surface area (Å²) in [6, 6.07) is 9.51. The van der Waals surface area contributed by atoms with Crippen LogP contribution in [0.5, 0.6) is 0 Å². The van der Waals surface area contributed by atoms with E-state index in [1.807, 2.05) is 45.0 Å². The van der Waals surface area contributed by atoms with Gasteiger partial charge in [0.1, 0.15) is 0 Å². The van der Waals surface area contributed by atoms with Crippen molar-refractivity contribution in [3.05, 3.63) is 58.1 Å². The molecule has 0 spiro atoms. The molecule has 35 heavy (non-hydrogen) atoms. The Morgan fingerprint density at radius 1 is 0.943 bits per heavy atom. The fourth-order valence-electron chi connectivity index (χ4n) is 5.25. The molecule has 0 unspecified atom stereocenters. The molecule has 2 aromatic rings. The molecule has 1 aliphatic carbocycles. The van der Waals surface area contributed by atoms with Gasteiger partial charge >= 0.3 is 0 Å². The lowest BCUT2D eigenvalue weighted by molar-refractivity contribution is -0.128. The van der Waals surface area contributed by atoms with Crippen molar-refractivity contribution < 1.29 is 18.0 Å². The number of nitrogens with zero attached hydrogens (tertiary/aromatic N) is 1. The molecule has 1 heterocycles. The van der Waals surface area contributed by atoms with Gasteiger partial charge in [0.15, 0.2) is 0 Å². The molecule has 0 radical (unpaired) electrons. The molecule has 2 aromatic carbocycles. The predicted octanol–water partition coefficient (Wildman–Crippen LogP) is 3.65. The molecule has 2 amide bonds. The van der Waals surface area contributed by atoms with E-state index in [0.717, 1.165) is 53.6 Å². The molecule has 1 saturated heterocycles. The zero-order valence-corrected chi connectivity index (χ0v) is 21.6. The quantitative estimate of drug-likeness (QED) is 0.637. The standard InChI is InChI=1S/C27H35N3O4S/c1-18-14-19(2)26(20(3)15-18)29-25(31)17-28-27(32)22-10-12-30(13-11-22)35(33,34)24-9-8-21-6-4-5-7-23(21)16-24/h8-9,14-16,22H,4-7,10-13,17H2,1-3H3,(H,28,32)(H,29,31). The minimum Gasteiger partial charge on any atom is -0.347 e. The molecule has 0 bridgehead atoms. The Kier molecular flexibility index (Phi) is 7.62. The summed E-state index contributed by atoms with van der Waals surface area (Å²) in [5.41, 5.74) is 6.26. The number of hydrogen-bond acceptors (Lipinski definition) is 4. The van der Waals surface area contributed by atoms with Crippen molar-refractivity contribution in [1.29, 1.82) is 0 Å². The van der Waals surface area contributed by atoms with Gasteiger partial charge in [-0.25, -0.2) is 8.42 Å². The lowest BCUT2D eigenvalue weighted by Crippen LogP contribution is -2.44. The Bertz CT molecular complexity index is 1210. The number of sulfonamides is 1. The summed E-state index contributed by atoms with van der Waals surface area (Å²) >= 11 is 0. The topological polar surface area (TPSA) is 95.6 Å². The minimum absolute atomic E-state index is 0.112. The van der Waals surface area contributed by atoms with Crippen LogP contribution >= 0.6 is 0 Å². The highest BCUT2D eigenvalue weighted by Gasteiger charge is 2.32. The molecule has 2 aliphatic rings. The van der Waals surface area contributed by atoms with Crippen LogP contribution < -0.4 is 10.6 Å². The summed E-state index contributed by atoms with van der Waals surface area (Å²) < 4.78 is 27.9. The van der Waals surface area contributed by atoms with E-state index >= 15 is 0 Å². The van der Waals surface area contributed by atoms with E-state index < -0.39 is 10.0 Å². The SMILES string of the molecule is Cc1cc(C)c(NC(=O)CNC(=O)C2CCN(S(=O)(=O)c3ccc4c(c3)CCCC4)CC2)c(C)c1. The summed E-state index contributed by atoms with van der Waals surface area (Å²) in [6.45, 7) is 6.38. The molecule has 8 heteroatoms. The Balaban J connectivity index is 1.29. The molecule has 0 aromatic heterocycles. The number of benzene rings is 2. The van der Waals surface area contributed by atoms with Gasteiger partial charge in [-0.3, -0.25) is 9.59 Å². The first kappa shape index (κ1) is 25.4. The van der Waals surface area contributed by atoms with Gasteiger partial charge in [0.25, 0.3) is 0 Å². The molecule has 188 valence electrons. The number of hydrogen-bond donors (Lipinski definition) is 2. The van der Waals surface area contributed by atoms with Gasteiger partial charge in [-0.05, 0) is 93.7 Å². The molecule has 1 fully saturated rings. The second-order valence-corrected chi connectivity index (χ2v) is 11.8. The minimum atomic E-state index is -3.58. The Morgan fingerprint density at radius 3 is 2.23 bits per heavy atom. The van der Waals surface area contributed by atoms with Crippen molar-refractivity contribution in [3.8, 4) is 0 Å².